The lowest BCUT2D eigenvalue weighted by atomic mass is 9.89. The van der Waals surface area contributed by atoms with E-state index in [0.717, 1.165) is 18.8 Å². The maximum atomic E-state index is 9.83. The number of hydrogen-bond acceptors (Lipinski definition) is 4. The number of hydrogen-bond donors (Lipinski definition) is 3. The van der Waals surface area contributed by atoms with Gasteiger partial charge in [-0.25, -0.2) is 0 Å². The van der Waals surface area contributed by atoms with E-state index in [1.54, 1.807) is 0 Å². The fourth-order valence-electron chi connectivity index (χ4n) is 2.47. The van der Waals surface area contributed by atoms with Crippen LogP contribution in [-0.2, 0) is 4.74 Å². The molecule has 0 spiro atoms. The van der Waals surface area contributed by atoms with Gasteiger partial charge in [0, 0.05) is 13.1 Å². The summed E-state index contributed by atoms with van der Waals surface area (Å²) in [5, 5.41) is 22.5. The second-order valence-electron chi connectivity index (χ2n) is 6.35. The molecule has 0 heterocycles. The van der Waals surface area contributed by atoms with Crippen molar-refractivity contribution in [3.05, 3.63) is 0 Å². The first-order chi connectivity index (χ1) is 8.99. The zero-order valence-corrected chi connectivity index (χ0v) is 12.6. The molecule has 4 nitrogen and oxygen atoms in total. The van der Waals surface area contributed by atoms with Crippen LogP contribution in [0.25, 0.3) is 0 Å². The minimum absolute atomic E-state index is 0.240. The van der Waals surface area contributed by atoms with Gasteiger partial charge in [0.2, 0.25) is 0 Å². The summed E-state index contributed by atoms with van der Waals surface area (Å²) in [5.41, 5.74) is 0. The first kappa shape index (κ1) is 16.9. The summed E-state index contributed by atoms with van der Waals surface area (Å²) in [5.74, 6) is 0.986. The molecule has 4 atom stereocenters. The van der Waals surface area contributed by atoms with Crippen molar-refractivity contribution in [3.63, 3.8) is 0 Å². The van der Waals surface area contributed by atoms with Crippen molar-refractivity contribution in [2.24, 2.45) is 11.8 Å². The van der Waals surface area contributed by atoms with Crippen molar-refractivity contribution >= 4 is 0 Å². The van der Waals surface area contributed by atoms with Crippen molar-refractivity contribution in [1.82, 2.24) is 5.32 Å². The van der Waals surface area contributed by atoms with Crippen molar-refractivity contribution in [3.8, 4) is 0 Å². The van der Waals surface area contributed by atoms with Crippen LogP contribution in [0.4, 0.5) is 0 Å². The Bertz CT molecular complexity index is 235. The lowest BCUT2D eigenvalue weighted by molar-refractivity contribution is -0.0313. The first-order valence-corrected chi connectivity index (χ1v) is 7.67. The number of rotatable bonds is 8. The van der Waals surface area contributed by atoms with Gasteiger partial charge in [-0.15, -0.1) is 0 Å². The SMILES string of the molecule is CC1CCCC(OCC(O)CNCC(O)C(C)C)C1. The van der Waals surface area contributed by atoms with Gasteiger partial charge in [-0.1, -0.05) is 33.6 Å². The van der Waals surface area contributed by atoms with E-state index in [9.17, 15) is 10.2 Å². The molecule has 4 unspecified atom stereocenters. The quantitative estimate of drug-likeness (QED) is 0.628. The maximum Gasteiger partial charge on any atom is 0.0897 e. The molecular weight excluding hydrogens is 242 g/mol. The molecule has 0 saturated heterocycles. The summed E-state index contributed by atoms with van der Waals surface area (Å²) >= 11 is 0. The van der Waals surface area contributed by atoms with E-state index in [1.807, 2.05) is 13.8 Å². The van der Waals surface area contributed by atoms with Crippen LogP contribution in [0.15, 0.2) is 0 Å². The van der Waals surface area contributed by atoms with Gasteiger partial charge in [0.15, 0.2) is 0 Å². The van der Waals surface area contributed by atoms with Crippen molar-refractivity contribution in [2.45, 2.75) is 64.8 Å². The van der Waals surface area contributed by atoms with Gasteiger partial charge < -0.3 is 20.3 Å². The number of aliphatic hydroxyl groups excluding tert-OH is 2. The second kappa shape index (κ2) is 8.90. The Morgan fingerprint density at radius 1 is 1.21 bits per heavy atom. The Hall–Kier alpha value is -0.160. The molecular formula is C15H31NO3. The fourth-order valence-corrected chi connectivity index (χ4v) is 2.47. The molecule has 1 saturated carbocycles. The second-order valence-corrected chi connectivity index (χ2v) is 6.35. The lowest BCUT2D eigenvalue weighted by Gasteiger charge is -2.27. The Morgan fingerprint density at radius 2 is 1.95 bits per heavy atom. The van der Waals surface area contributed by atoms with E-state index in [0.29, 0.717) is 25.8 Å². The highest BCUT2D eigenvalue weighted by Crippen LogP contribution is 2.25. The van der Waals surface area contributed by atoms with Crippen LogP contribution in [0, 0.1) is 11.8 Å². The Morgan fingerprint density at radius 3 is 2.58 bits per heavy atom. The van der Waals surface area contributed by atoms with Crippen LogP contribution < -0.4 is 5.32 Å². The Balaban J connectivity index is 2.05. The molecule has 1 rings (SSSR count). The zero-order chi connectivity index (χ0) is 14.3. The molecule has 0 radical (unpaired) electrons. The molecule has 0 amide bonds. The smallest absolute Gasteiger partial charge is 0.0897 e. The maximum absolute atomic E-state index is 9.83. The van der Waals surface area contributed by atoms with Crippen molar-refractivity contribution in [2.75, 3.05) is 19.7 Å². The lowest BCUT2D eigenvalue weighted by Crippen LogP contribution is -2.38. The predicted octanol–water partition coefficient (Wildman–Crippen LogP) is 1.55. The van der Waals surface area contributed by atoms with E-state index in [4.69, 9.17) is 4.74 Å². The average Bonchev–Trinajstić information content (AvgIpc) is 2.36. The molecule has 3 N–H and O–H groups in total. The molecule has 0 aromatic carbocycles. The highest BCUT2D eigenvalue weighted by Gasteiger charge is 2.20. The van der Waals surface area contributed by atoms with Gasteiger partial charge in [0.1, 0.15) is 0 Å². The first-order valence-electron chi connectivity index (χ1n) is 7.67. The van der Waals surface area contributed by atoms with Gasteiger partial charge in [-0.2, -0.15) is 0 Å². The van der Waals surface area contributed by atoms with Crippen molar-refractivity contribution in [1.29, 1.82) is 0 Å². The number of aliphatic hydroxyl groups is 2. The molecule has 1 fully saturated rings. The molecule has 1 aliphatic rings. The normalized spacial score (nSPS) is 27.5. The molecule has 1 aliphatic carbocycles. The molecule has 0 aromatic heterocycles. The van der Waals surface area contributed by atoms with E-state index in [1.165, 1.54) is 12.8 Å². The molecule has 19 heavy (non-hydrogen) atoms. The molecule has 0 aromatic rings. The Labute approximate surface area is 117 Å². The standard InChI is InChI=1S/C15H31NO3/c1-11(2)15(18)9-16-8-13(17)10-19-14-6-4-5-12(3)7-14/h11-18H,4-10H2,1-3H3. The topological polar surface area (TPSA) is 61.7 Å². The Kier molecular flexibility index (Phi) is 7.91. The third kappa shape index (κ3) is 7.25. The largest absolute Gasteiger partial charge is 0.392 e. The summed E-state index contributed by atoms with van der Waals surface area (Å²) in [6, 6.07) is 0. The molecule has 0 bridgehead atoms. The number of nitrogens with one attached hydrogen (secondary N) is 1. The minimum atomic E-state index is -0.489. The summed E-state index contributed by atoms with van der Waals surface area (Å²) in [6.07, 6.45) is 4.25. The monoisotopic (exact) mass is 273 g/mol. The summed E-state index contributed by atoms with van der Waals surface area (Å²) in [6.45, 7) is 7.62. The zero-order valence-electron chi connectivity index (χ0n) is 12.6. The third-order valence-electron chi connectivity index (χ3n) is 3.92. The summed E-state index contributed by atoms with van der Waals surface area (Å²) in [4.78, 5) is 0. The summed E-state index contributed by atoms with van der Waals surface area (Å²) in [7, 11) is 0. The minimum Gasteiger partial charge on any atom is -0.392 e. The van der Waals surface area contributed by atoms with Crippen LogP contribution in [0.5, 0.6) is 0 Å². The van der Waals surface area contributed by atoms with Crippen molar-refractivity contribution < 1.29 is 14.9 Å². The van der Waals surface area contributed by atoms with Crippen LogP contribution in [0.1, 0.15) is 46.5 Å². The van der Waals surface area contributed by atoms with Gasteiger partial charge in [0.05, 0.1) is 24.9 Å². The van der Waals surface area contributed by atoms with E-state index in [-0.39, 0.29) is 12.0 Å². The highest BCUT2D eigenvalue weighted by molar-refractivity contribution is 4.72. The van der Waals surface area contributed by atoms with E-state index < -0.39 is 6.10 Å². The third-order valence-corrected chi connectivity index (χ3v) is 3.92. The van der Waals surface area contributed by atoms with Crippen LogP contribution in [0.3, 0.4) is 0 Å². The molecule has 4 heteroatoms. The molecule has 114 valence electrons. The molecule has 0 aliphatic heterocycles. The fraction of sp³-hybridized carbons (Fsp3) is 1.00. The van der Waals surface area contributed by atoms with Gasteiger partial charge >= 0.3 is 0 Å². The van der Waals surface area contributed by atoms with Crippen LogP contribution in [0.2, 0.25) is 0 Å². The summed E-state index contributed by atoms with van der Waals surface area (Å²) < 4.78 is 5.77. The van der Waals surface area contributed by atoms with Crippen LogP contribution in [-0.4, -0.2) is 48.2 Å². The van der Waals surface area contributed by atoms with E-state index >= 15 is 0 Å². The van der Waals surface area contributed by atoms with E-state index in [2.05, 4.69) is 12.2 Å². The highest BCUT2D eigenvalue weighted by atomic mass is 16.5. The van der Waals surface area contributed by atoms with Gasteiger partial charge in [-0.3, -0.25) is 0 Å². The average molecular weight is 273 g/mol. The van der Waals surface area contributed by atoms with Gasteiger partial charge in [-0.05, 0) is 24.7 Å². The van der Waals surface area contributed by atoms with Crippen LogP contribution >= 0.6 is 0 Å². The van der Waals surface area contributed by atoms with Gasteiger partial charge in [0.25, 0.3) is 0 Å². The predicted molar refractivity (Wildman–Crippen MR) is 77.1 cm³/mol. The number of ether oxygens (including phenoxy) is 1.